The molecule has 1 aliphatic rings. The highest BCUT2D eigenvalue weighted by molar-refractivity contribution is 6.02. The molecule has 1 atom stereocenters. The van der Waals surface area contributed by atoms with Crippen molar-refractivity contribution in [3.05, 3.63) is 0 Å². The highest BCUT2D eigenvalue weighted by Crippen LogP contribution is 2.16. The summed E-state index contributed by atoms with van der Waals surface area (Å²) in [5, 5.41) is 0. The van der Waals surface area contributed by atoms with Gasteiger partial charge in [-0.25, -0.2) is 0 Å². The zero-order chi connectivity index (χ0) is 10.6. The number of imide groups is 1. The van der Waals surface area contributed by atoms with Crippen LogP contribution in [0.2, 0.25) is 0 Å². The lowest BCUT2D eigenvalue weighted by molar-refractivity contribution is -0.141. The second kappa shape index (κ2) is 5.10. The third kappa shape index (κ3) is 2.54. The molecule has 0 aliphatic carbocycles. The Balaban J connectivity index is 2.39. The highest BCUT2D eigenvalue weighted by Gasteiger charge is 2.32. The average Bonchev–Trinajstić information content (AvgIpc) is 2.46. The first kappa shape index (κ1) is 11.2. The number of rotatable bonds is 5. The van der Waals surface area contributed by atoms with Crippen LogP contribution in [0.1, 0.15) is 45.4 Å². The van der Waals surface area contributed by atoms with Crippen molar-refractivity contribution in [2.75, 3.05) is 0 Å². The van der Waals surface area contributed by atoms with Crippen molar-refractivity contribution in [2.24, 2.45) is 5.73 Å². The van der Waals surface area contributed by atoms with Crippen molar-refractivity contribution in [3.63, 3.8) is 0 Å². The topological polar surface area (TPSA) is 63.4 Å². The molecule has 14 heavy (non-hydrogen) atoms. The van der Waals surface area contributed by atoms with Crippen LogP contribution >= 0.6 is 0 Å². The lowest BCUT2D eigenvalue weighted by atomic mass is 10.1. The Bertz CT molecular complexity index is 212. The van der Waals surface area contributed by atoms with Gasteiger partial charge in [-0.2, -0.15) is 0 Å². The molecule has 0 aromatic carbocycles. The van der Waals surface area contributed by atoms with Crippen LogP contribution in [0.3, 0.4) is 0 Å². The maximum absolute atomic E-state index is 11.3. The van der Waals surface area contributed by atoms with Crippen molar-refractivity contribution < 1.29 is 9.59 Å². The number of hydrogen-bond donors (Lipinski definition) is 1. The van der Waals surface area contributed by atoms with Gasteiger partial charge in [0.15, 0.2) is 0 Å². The van der Waals surface area contributed by atoms with Crippen molar-refractivity contribution >= 4 is 11.8 Å². The lowest BCUT2D eigenvalue weighted by Crippen LogP contribution is -2.45. The molecule has 0 bridgehead atoms. The van der Waals surface area contributed by atoms with E-state index in [1.807, 2.05) is 0 Å². The average molecular weight is 198 g/mol. The molecule has 1 heterocycles. The molecular weight excluding hydrogens is 180 g/mol. The number of carbonyl (C=O) groups excluding carboxylic acids is 2. The molecule has 1 saturated heterocycles. The third-order valence-electron chi connectivity index (χ3n) is 2.53. The van der Waals surface area contributed by atoms with Gasteiger partial charge in [-0.05, 0) is 6.42 Å². The number of carbonyl (C=O) groups is 2. The summed E-state index contributed by atoms with van der Waals surface area (Å²) in [6.45, 7) is 2.11. The summed E-state index contributed by atoms with van der Waals surface area (Å²) in [4.78, 5) is 23.8. The SMILES string of the molecule is CCCCCC(N)N1C(=O)CCC1=O. The molecule has 0 aromatic heterocycles. The zero-order valence-corrected chi connectivity index (χ0v) is 8.66. The van der Waals surface area contributed by atoms with Gasteiger partial charge in [-0.1, -0.05) is 26.2 Å². The smallest absolute Gasteiger partial charge is 0.231 e. The zero-order valence-electron chi connectivity index (χ0n) is 8.66. The quantitative estimate of drug-likeness (QED) is 0.529. The summed E-state index contributed by atoms with van der Waals surface area (Å²) < 4.78 is 0. The van der Waals surface area contributed by atoms with Crippen LogP contribution in [0.5, 0.6) is 0 Å². The van der Waals surface area contributed by atoms with Crippen molar-refractivity contribution in [1.29, 1.82) is 0 Å². The summed E-state index contributed by atoms with van der Waals surface area (Å²) in [6, 6.07) is 0. The van der Waals surface area contributed by atoms with Crippen LogP contribution in [-0.2, 0) is 9.59 Å². The van der Waals surface area contributed by atoms with Gasteiger partial charge >= 0.3 is 0 Å². The second-order valence-corrected chi connectivity index (χ2v) is 3.72. The van der Waals surface area contributed by atoms with E-state index in [0.29, 0.717) is 12.8 Å². The Morgan fingerprint density at radius 1 is 1.29 bits per heavy atom. The van der Waals surface area contributed by atoms with Gasteiger partial charge in [-0.3, -0.25) is 14.5 Å². The monoisotopic (exact) mass is 198 g/mol. The molecule has 80 valence electrons. The Morgan fingerprint density at radius 3 is 2.36 bits per heavy atom. The van der Waals surface area contributed by atoms with E-state index < -0.39 is 6.17 Å². The van der Waals surface area contributed by atoms with E-state index >= 15 is 0 Å². The van der Waals surface area contributed by atoms with Crippen molar-refractivity contribution in [2.45, 2.75) is 51.6 Å². The first-order valence-corrected chi connectivity index (χ1v) is 5.27. The Morgan fingerprint density at radius 2 is 1.86 bits per heavy atom. The van der Waals surface area contributed by atoms with E-state index in [4.69, 9.17) is 5.73 Å². The molecule has 2 N–H and O–H groups in total. The Kier molecular flexibility index (Phi) is 4.07. The fraction of sp³-hybridized carbons (Fsp3) is 0.800. The molecule has 1 fully saturated rings. The first-order chi connectivity index (χ1) is 6.66. The number of nitrogens with two attached hydrogens (primary N) is 1. The molecule has 1 aliphatic heterocycles. The third-order valence-corrected chi connectivity index (χ3v) is 2.53. The van der Waals surface area contributed by atoms with Crippen molar-refractivity contribution in [3.8, 4) is 0 Å². The first-order valence-electron chi connectivity index (χ1n) is 5.27. The molecule has 0 spiro atoms. The molecule has 2 amide bonds. The molecule has 4 nitrogen and oxygen atoms in total. The summed E-state index contributed by atoms with van der Waals surface area (Å²) in [5.41, 5.74) is 5.78. The van der Waals surface area contributed by atoms with Gasteiger partial charge in [0, 0.05) is 12.8 Å². The molecule has 1 unspecified atom stereocenters. The second-order valence-electron chi connectivity index (χ2n) is 3.72. The van der Waals surface area contributed by atoms with Crippen LogP contribution < -0.4 is 5.73 Å². The summed E-state index contributed by atoms with van der Waals surface area (Å²) in [5.74, 6) is -0.224. The number of likely N-dealkylation sites (tertiary alicyclic amines) is 1. The van der Waals surface area contributed by atoms with E-state index in [9.17, 15) is 9.59 Å². The van der Waals surface area contributed by atoms with Gasteiger partial charge in [0.1, 0.15) is 0 Å². The predicted octanol–water partition coefficient (Wildman–Crippen LogP) is 1.00. The predicted molar refractivity (Wildman–Crippen MR) is 53.2 cm³/mol. The van der Waals surface area contributed by atoms with Crippen LogP contribution in [-0.4, -0.2) is 22.9 Å². The van der Waals surface area contributed by atoms with E-state index in [-0.39, 0.29) is 11.8 Å². The normalized spacial score (nSPS) is 19.1. The summed E-state index contributed by atoms with van der Waals surface area (Å²) in [6.07, 6.45) is 4.20. The Hall–Kier alpha value is -0.900. The highest BCUT2D eigenvalue weighted by atomic mass is 16.2. The van der Waals surface area contributed by atoms with Crippen LogP contribution in [0.25, 0.3) is 0 Å². The van der Waals surface area contributed by atoms with Crippen molar-refractivity contribution in [1.82, 2.24) is 4.90 Å². The van der Waals surface area contributed by atoms with Crippen LogP contribution in [0.4, 0.5) is 0 Å². The Labute approximate surface area is 84.4 Å². The van der Waals surface area contributed by atoms with E-state index in [1.54, 1.807) is 0 Å². The van der Waals surface area contributed by atoms with Crippen LogP contribution in [0, 0.1) is 0 Å². The molecule has 0 saturated carbocycles. The standard InChI is InChI=1S/C10H18N2O2/c1-2-3-4-5-8(11)12-9(13)6-7-10(12)14/h8H,2-7,11H2,1H3. The fourth-order valence-electron chi connectivity index (χ4n) is 1.70. The van der Waals surface area contributed by atoms with Gasteiger partial charge in [0.05, 0.1) is 6.17 Å². The maximum Gasteiger partial charge on any atom is 0.231 e. The number of nitrogens with zero attached hydrogens (tertiary/aromatic N) is 1. The minimum atomic E-state index is -0.399. The molecule has 1 rings (SSSR count). The van der Waals surface area contributed by atoms with Gasteiger partial charge in [0.25, 0.3) is 0 Å². The van der Waals surface area contributed by atoms with Gasteiger partial charge in [0.2, 0.25) is 11.8 Å². The van der Waals surface area contributed by atoms with E-state index in [1.165, 1.54) is 4.90 Å². The van der Waals surface area contributed by atoms with Gasteiger partial charge in [-0.15, -0.1) is 0 Å². The number of hydrogen-bond acceptors (Lipinski definition) is 3. The number of amides is 2. The lowest BCUT2D eigenvalue weighted by Gasteiger charge is -2.21. The van der Waals surface area contributed by atoms with Crippen LogP contribution in [0.15, 0.2) is 0 Å². The fourth-order valence-corrected chi connectivity index (χ4v) is 1.70. The summed E-state index contributed by atoms with van der Waals surface area (Å²) >= 11 is 0. The largest absolute Gasteiger partial charge is 0.311 e. The molecular formula is C10H18N2O2. The van der Waals surface area contributed by atoms with Gasteiger partial charge < -0.3 is 5.73 Å². The van der Waals surface area contributed by atoms with E-state index in [0.717, 1.165) is 25.7 Å². The minimum Gasteiger partial charge on any atom is -0.311 e. The van der Waals surface area contributed by atoms with E-state index in [2.05, 4.69) is 6.92 Å². The number of unbranched alkanes of at least 4 members (excludes halogenated alkanes) is 2. The summed E-state index contributed by atoms with van der Waals surface area (Å²) in [7, 11) is 0. The molecule has 0 aromatic rings. The molecule has 0 radical (unpaired) electrons. The molecule has 4 heteroatoms. The maximum atomic E-state index is 11.3. The minimum absolute atomic E-state index is 0.112.